The van der Waals surface area contributed by atoms with Crippen LogP contribution in [0.2, 0.25) is 0 Å². The summed E-state index contributed by atoms with van der Waals surface area (Å²) in [7, 11) is 0. The first-order valence-electron chi connectivity index (χ1n) is 7.08. The van der Waals surface area contributed by atoms with E-state index in [0.717, 1.165) is 0 Å². The van der Waals surface area contributed by atoms with Gasteiger partial charge >= 0.3 is 11.9 Å². The number of rotatable bonds is 6. The van der Waals surface area contributed by atoms with Crippen LogP contribution in [0.3, 0.4) is 0 Å². The van der Waals surface area contributed by atoms with Crippen LogP contribution in [-0.2, 0) is 19.1 Å². The normalized spacial score (nSPS) is 29.8. The van der Waals surface area contributed by atoms with Crippen molar-refractivity contribution < 1.29 is 29.3 Å². The lowest BCUT2D eigenvalue weighted by Crippen LogP contribution is -2.48. The topological polar surface area (TPSA) is 93.1 Å². The minimum atomic E-state index is -1.31. The molecule has 2 atom stereocenters. The Labute approximate surface area is 119 Å². The van der Waals surface area contributed by atoms with Crippen molar-refractivity contribution in [2.45, 2.75) is 63.6 Å². The molecule has 0 unspecified atom stereocenters. The first-order chi connectivity index (χ1) is 9.32. The van der Waals surface area contributed by atoms with Crippen molar-refractivity contribution in [2.24, 2.45) is 0 Å². The van der Waals surface area contributed by atoms with Gasteiger partial charge in [0.1, 0.15) is 0 Å². The van der Waals surface area contributed by atoms with Gasteiger partial charge in [0.25, 0.3) is 0 Å². The maximum absolute atomic E-state index is 11.5. The van der Waals surface area contributed by atoms with Gasteiger partial charge in [0.2, 0.25) is 0 Å². The first-order valence-corrected chi connectivity index (χ1v) is 7.08. The molecular weight excluding hydrogens is 264 g/mol. The van der Waals surface area contributed by atoms with Crippen LogP contribution in [0.5, 0.6) is 0 Å². The Morgan fingerprint density at radius 2 is 1.35 bits per heavy atom. The highest BCUT2D eigenvalue weighted by Gasteiger charge is 2.45. The molecule has 0 aromatic heterocycles. The highest BCUT2D eigenvalue weighted by Crippen LogP contribution is 2.39. The van der Waals surface area contributed by atoms with Crippen LogP contribution in [0.15, 0.2) is 0 Å². The van der Waals surface area contributed by atoms with E-state index in [2.05, 4.69) is 0 Å². The van der Waals surface area contributed by atoms with E-state index in [1.807, 2.05) is 0 Å². The predicted octanol–water partition coefficient (Wildman–Crippen LogP) is 0.929. The van der Waals surface area contributed by atoms with Crippen LogP contribution < -0.4 is 0 Å². The summed E-state index contributed by atoms with van der Waals surface area (Å²) in [6, 6.07) is 0. The number of carbonyl (C=O) groups is 2. The fourth-order valence-electron chi connectivity index (χ4n) is 2.80. The van der Waals surface area contributed by atoms with Crippen molar-refractivity contribution in [3.8, 4) is 0 Å². The number of ether oxygens (including phenoxy) is 2. The maximum Gasteiger partial charge on any atom is 0.308 e. The molecule has 0 aliphatic heterocycles. The van der Waals surface area contributed by atoms with Gasteiger partial charge in [0.15, 0.2) is 0 Å². The summed E-state index contributed by atoms with van der Waals surface area (Å²) in [6.07, 6.45) is 1.04. The van der Waals surface area contributed by atoms with Crippen molar-refractivity contribution in [1.82, 2.24) is 0 Å². The molecule has 0 saturated heterocycles. The molecule has 6 nitrogen and oxygen atoms in total. The molecule has 20 heavy (non-hydrogen) atoms. The second-order valence-corrected chi connectivity index (χ2v) is 5.44. The summed E-state index contributed by atoms with van der Waals surface area (Å²) < 4.78 is 9.65. The number of hydrogen-bond donors (Lipinski definition) is 2. The van der Waals surface area contributed by atoms with Gasteiger partial charge in [-0.05, 0) is 33.1 Å². The zero-order chi connectivity index (χ0) is 15.2. The highest BCUT2D eigenvalue weighted by molar-refractivity contribution is 5.71. The second kappa shape index (κ2) is 7.04. The SMILES string of the molecule is CCOC(=O)C[C@]1(O)CCC[C@](O)(CC(=O)OCC)C1. The molecule has 0 radical (unpaired) electrons. The van der Waals surface area contributed by atoms with Crippen LogP contribution in [0.25, 0.3) is 0 Å². The van der Waals surface area contributed by atoms with E-state index in [0.29, 0.717) is 19.3 Å². The van der Waals surface area contributed by atoms with E-state index < -0.39 is 23.1 Å². The van der Waals surface area contributed by atoms with E-state index in [9.17, 15) is 19.8 Å². The fraction of sp³-hybridized carbons (Fsp3) is 0.857. The molecule has 1 rings (SSSR count). The summed E-state index contributed by atoms with van der Waals surface area (Å²) in [5.41, 5.74) is -2.63. The average Bonchev–Trinajstić information content (AvgIpc) is 2.27. The van der Waals surface area contributed by atoms with Crippen molar-refractivity contribution in [2.75, 3.05) is 13.2 Å². The van der Waals surface area contributed by atoms with Crippen molar-refractivity contribution in [3.05, 3.63) is 0 Å². The highest BCUT2D eigenvalue weighted by atomic mass is 16.5. The van der Waals surface area contributed by atoms with E-state index >= 15 is 0 Å². The summed E-state index contributed by atoms with van der Waals surface area (Å²) >= 11 is 0. The van der Waals surface area contributed by atoms with Crippen LogP contribution in [0.4, 0.5) is 0 Å². The number of carbonyl (C=O) groups excluding carboxylic acids is 2. The van der Waals surface area contributed by atoms with Crippen LogP contribution in [0.1, 0.15) is 52.4 Å². The molecule has 2 N–H and O–H groups in total. The molecule has 6 heteroatoms. The third-order valence-corrected chi connectivity index (χ3v) is 3.50. The molecule has 0 amide bonds. The monoisotopic (exact) mass is 288 g/mol. The summed E-state index contributed by atoms with van der Waals surface area (Å²) in [5.74, 6) is -0.981. The fourth-order valence-corrected chi connectivity index (χ4v) is 2.80. The molecule has 1 saturated carbocycles. The summed E-state index contributed by atoms with van der Waals surface area (Å²) in [4.78, 5) is 23.0. The quantitative estimate of drug-likeness (QED) is 0.706. The van der Waals surface area contributed by atoms with Gasteiger partial charge in [-0.25, -0.2) is 0 Å². The van der Waals surface area contributed by atoms with Crippen LogP contribution >= 0.6 is 0 Å². The van der Waals surface area contributed by atoms with E-state index in [4.69, 9.17) is 9.47 Å². The molecular formula is C14H24O6. The molecule has 1 fully saturated rings. The Morgan fingerprint density at radius 3 is 1.70 bits per heavy atom. The lowest BCUT2D eigenvalue weighted by molar-refractivity contribution is -0.162. The van der Waals surface area contributed by atoms with Gasteiger partial charge < -0.3 is 19.7 Å². The minimum Gasteiger partial charge on any atom is -0.466 e. The maximum atomic E-state index is 11.5. The zero-order valence-electron chi connectivity index (χ0n) is 12.2. The smallest absolute Gasteiger partial charge is 0.308 e. The molecule has 0 spiro atoms. The van der Waals surface area contributed by atoms with Crippen molar-refractivity contribution >= 4 is 11.9 Å². The number of esters is 2. The molecule has 1 aliphatic rings. The lowest BCUT2D eigenvalue weighted by Gasteiger charge is -2.41. The Bertz CT molecular complexity index is 324. The molecule has 0 bridgehead atoms. The average molecular weight is 288 g/mol. The summed E-state index contributed by atoms with van der Waals surface area (Å²) in [5, 5.41) is 20.9. The van der Waals surface area contributed by atoms with Gasteiger partial charge in [0, 0.05) is 6.42 Å². The van der Waals surface area contributed by atoms with Gasteiger partial charge in [-0.3, -0.25) is 9.59 Å². The van der Waals surface area contributed by atoms with Gasteiger partial charge in [-0.1, -0.05) is 0 Å². The zero-order valence-corrected chi connectivity index (χ0v) is 12.2. The van der Waals surface area contributed by atoms with Gasteiger partial charge in [-0.2, -0.15) is 0 Å². The predicted molar refractivity (Wildman–Crippen MR) is 70.9 cm³/mol. The molecule has 0 aromatic carbocycles. The van der Waals surface area contributed by atoms with E-state index in [-0.39, 0.29) is 32.5 Å². The third-order valence-electron chi connectivity index (χ3n) is 3.50. The Kier molecular flexibility index (Phi) is 5.95. The van der Waals surface area contributed by atoms with Gasteiger partial charge in [0.05, 0.1) is 37.3 Å². The molecule has 0 aromatic rings. The molecule has 116 valence electrons. The Balaban J connectivity index is 2.63. The standard InChI is InChI=1S/C14H24O6/c1-3-19-11(15)8-13(17)6-5-7-14(18,10-13)9-12(16)20-4-2/h17-18H,3-10H2,1-2H3/t13-,14+. The second-order valence-electron chi connectivity index (χ2n) is 5.44. The van der Waals surface area contributed by atoms with Crippen LogP contribution in [0, 0.1) is 0 Å². The number of aliphatic hydroxyl groups is 2. The van der Waals surface area contributed by atoms with E-state index in [1.54, 1.807) is 13.8 Å². The first kappa shape index (κ1) is 16.9. The third kappa shape index (κ3) is 5.09. The van der Waals surface area contributed by atoms with Gasteiger partial charge in [-0.15, -0.1) is 0 Å². The largest absolute Gasteiger partial charge is 0.466 e. The lowest BCUT2D eigenvalue weighted by atomic mass is 9.72. The Morgan fingerprint density at radius 1 is 0.950 bits per heavy atom. The number of hydrogen-bond acceptors (Lipinski definition) is 6. The minimum absolute atomic E-state index is 0.0162. The van der Waals surface area contributed by atoms with Crippen molar-refractivity contribution in [3.63, 3.8) is 0 Å². The van der Waals surface area contributed by atoms with E-state index in [1.165, 1.54) is 0 Å². The summed E-state index contributed by atoms with van der Waals surface area (Å²) in [6.45, 7) is 3.89. The molecule has 0 heterocycles. The van der Waals surface area contributed by atoms with Crippen molar-refractivity contribution in [1.29, 1.82) is 0 Å². The molecule has 1 aliphatic carbocycles. The van der Waals surface area contributed by atoms with Crippen LogP contribution in [-0.4, -0.2) is 46.6 Å². The Hall–Kier alpha value is -1.14.